The first kappa shape index (κ1) is 22.4. The molecule has 1 aromatic rings. The minimum absolute atomic E-state index is 0.0359. The fourth-order valence-corrected chi connectivity index (χ4v) is 3.10. The Morgan fingerprint density at radius 3 is 2.28 bits per heavy atom. The molecule has 2 rings (SSSR count). The standard InChI is InChI=1S/C21H23ClN2O5/c1-6-27-18(25)15-16(19(26)28-7-2)21(12-23,13-10-8-9-11-14(13)22)29-17(15)24-20(3,4)5/h8-11H,6-7H2,1-5H3. The van der Waals surface area contributed by atoms with Gasteiger partial charge in [-0.15, -0.1) is 0 Å². The molecule has 1 atom stereocenters. The number of esters is 2. The lowest BCUT2D eigenvalue weighted by atomic mass is 9.86. The van der Waals surface area contributed by atoms with Crippen LogP contribution < -0.4 is 0 Å². The van der Waals surface area contributed by atoms with Gasteiger partial charge in [0.25, 0.3) is 5.60 Å². The molecular formula is C21H23ClN2O5. The van der Waals surface area contributed by atoms with Gasteiger partial charge in [0.1, 0.15) is 17.2 Å². The maximum absolute atomic E-state index is 12.9. The van der Waals surface area contributed by atoms with Crippen LogP contribution in [0.15, 0.2) is 40.4 Å². The van der Waals surface area contributed by atoms with E-state index in [9.17, 15) is 14.9 Å². The molecule has 1 heterocycles. The fourth-order valence-electron chi connectivity index (χ4n) is 2.83. The molecule has 1 aliphatic rings. The summed E-state index contributed by atoms with van der Waals surface area (Å²) in [5.74, 6) is -1.88. The van der Waals surface area contributed by atoms with Gasteiger partial charge in [-0.25, -0.2) is 14.6 Å². The summed E-state index contributed by atoms with van der Waals surface area (Å²) < 4.78 is 16.2. The second kappa shape index (κ2) is 8.66. The molecule has 7 nitrogen and oxygen atoms in total. The van der Waals surface area contributed by atoms with Crippen molar-refractivity contribution in [3.05, 3.63) is 46.0 Å². The van der Waals surface area contributed by atoms with Crippen LogP contribution in [-0.4, -0.2) is 36.6 Å². The van der Waals surface area contributed by atoms with Crippen molar-refractivity contribution in [1.29, 1.82) is 5.26 Å². The van der Waals surface area contributed by atoms with Gasteiger partial charge in [-0.2, -0.15) is 5.26 Å². The van der Waals surface area contributed by atoms with Crippen LogP contribution in [0.1, 0.15) is 40.2 Å². The summed E-state index contributed by atoms with van der Waals surface area (Å²) in [6.07, 6.45) is 0. The van der Waals surface area contributed by atoms with E-state index in [4.69, 9.17) is 25.8 Å². The molecule has 29 heavy (non-hydrogen) atoms. The van der Waals surface area contributed by atoms with Crippen LogP contribution >= 0.6 is 11.6 Å². The molecule has 0 bridgehead atoms. The number of halogens is 1. The van der Waals surface area contributed by atoms with E-state index in [1.165, 1.54) is 0 Å². The van der Waals surface area contributed by atoms with Gasteiger partial charge in [0, 0.05) is 10.6 Å². The van der Waals surface area contributed by atoms with E-state index in [1.807, 2.05) is 6.07 Å². The van der Waals surface area contributed by atoms with E-state index >= 15 is 0 Å². The molecule has 0 spiro atoms. The monoisotopic (exact) mass is 418 g/mol. The summed E-state index contributed by atoms with van der Waals surface area (Å²) in [5.41, 5.74) is -3.00. The van der Waals surface area contributed by atoms with Crippen molar-refractivity contribution >= 4 is 29.4 Å². The van der Waals surface area contributed by atoms with Crippen molar-refractivity contribution in [1.82, 2.24) is 0 Å². The summed E-state index contributed by atoms with van der Waals surface area (Å²) in [6.45, 7) is 8.71. The Balaban J connectivity index is 2.92. The lowest BCUT2D eigenvalue weighted by Crippen LogP contribution is -2.32. The molecule has 0 saturated heterocycles. The molecule has 1 unspecified atom stereocenters. The van der Waals surface area contributed by atoms with Crippen LogP contribution in [0, 0.1) is 11.3 Å². The predicted octanol–water partition coefficient (Wildman–Crippen LogP) is 3.71. The van der Waals surface area contributed by atoms with Crippen LogP contribution in [0.5, 0.6) is 0 Å². The minimum atomic E-state index is -2.00. The van der Waals surface area contributed by atoms with Crippen molar-refractivity contribution in [3.8, 4) is 6.07 Å². The lowest BCUT2D eigenvalue weighted by Gasteiger charge is -2.25. The number of aliphatic imine (C=N–C) groups is 1. The Labute approximate surface area is 174 Å². The first-order chi connectivity index (χ1) is 13.6. The molecule has 0 saturated carbocycles. The number of carbonyl (C=O) groups is 2. The molecule has 0 aromatic heterocycles. The Kier molecular flexibility index (Phi) is 6.70. The summed E-state index contributed by atoms with van der Waals surface area (Å²) in [5, 5.41) is 10.3. The molecule has 0 aliphatic carbocycles. The van der Waals surface area contributed by atoms with Gasteiger partial charge in [0.2, 0.25) is 5.90 Å². The van der Waals surface area contributed by atoms with Gasteiger partial charge in [-0.05, 0) is 40.7 Å². The van der Waals surface area contributed by atoms with Gasteiger partial charge in [0.05, 0.1) is 18.8 Å². The third kappa shape index (κ3) is 4.43. The zero-order valence-electron chi connectivity index (χ0n) is 17.0. The average molecular weight is 419 g/mol. The first-order valence-corrected chi connectivity index (χ1v) is 9.53. The first-order valence-electron chi connectivity index (χ1n) is 9.15. The highest BCUT2D eigenvalue weighted by molar-refractivity contribution is 6.32. The fraction of sp³-hybridized carbons (Fsp3) is 0.429. The summed E-state index contributed by atoms with van der Waals surface area (Å²) in [4.78, 5) is 30.1. The van der Waals surface area contributed by atoms with E-state index in [-0.39, 0.29) is 40.8 Å². The van der Waals surface area contributed by atoms with Crippen molar-refractivity contribution in [2.75, 3.05) is 13.2 Å². The number of hydrogen-bond donors (Lipinski definition) is 0. The molecule has 154 valence electrons. The van der Waals surface area contributed by atoms with E-state index in [0.29, 0.717) is 0 Å². The Morgan fingerprint density at radius 1 is 1.17 bits per heavy atom. The SMILES string of the molecule is CCOC(=O)C1=C(C(=O)OCC)C(C#N)(c2ccccc2Cl)OC1=NC(C)(C)C. The van der Waals surface area contributed by atoms with Gasteiger partial charge >= 0.3 is 11.9 Å². The average Bonchev–Trinajstić information content (AvgIpc) is 2.96. The topological polar surface area (TPSA) is 98.0 Å². The van der Waals surface area contributed by atoms with Crippen molar-refractivity contribution in [2.24, 2.45) is 4.99 Å². The zero-order valence-corrected chi connectivity index (χ0v) is 17.8. The summed E-state index contributed by atoms with van der Waals surface area (Å²) in [6, 6.07) is 8.45. The molecule has 1 aromatic carbocycles. The Bertz CT molecular complexity index is 924. The smallest absolute Gasteiger partial charge is 0.344 e. The van der Waals surface area contributed by atoms with Gasteiger partial charge in [-0.1, -0.05) is 29.8 Å². The van der Waals surface area contributed by atoms with Gasteiger partial charge in [0.15, 0.2) is 0 Å². The maximum Gasteiger partial charge on any atom is 0.344 e. The van der Waals surface area contributed by atoms with Crippen LogP contribution in [0.3, 0.4) is 0 Å². The van der Waals surface area contributed by atoms with E-state index in [2.05, 4.69) is 4.99 Å². The van der Waals surface area contributed by atoms with Crippen LogP contribution in [-0.2, 0) is 29.4 Å². The predicted molar refractivity (Wildman–Crippen MR) is 107 cm³/mol. The number of benzene rings is 1. The number of nitrogens with zero attached hydrogens (tertiary/aromatic N) is 2. The quantitative estimate of drug-likeness (QED) is 0.676. The molecule has 0 fully saturated rings. The normalized spacial score (nSPS) is 20.2. The maximum atomic E-state index is 12.9. The van der Waals surface area contributed by atoms with Crippen molar-refractivity contribution < 1.29 is 23.8 Å². The van der Waals surface area contributed by atoms with Crippen LogP contribution in [0.25, 0.3) is 0 Å². The highest BCUT2D eigenvalue weighted by atomic mass is 35.5. The Morgan fingerprint density at radius 2 is 1.76 bits per heavy atom. The number of nitriles is 1. The third-order valence-corrected chi connectivity index (χ3v) is 4.20. The zero-order chi connectivity index (χ0) is 21.8. The van der Waals surface area contributed by atoms with Crippen molar-refractivity contribution in [2.45, 2.75) is 45.8 Å². The molecule has 8 heteroatoms. The second-order valence-electron chi connectivity index (χ2n) is 7.15. The summed E-state index contributed by atoms with van der Waals surface area (Å²) >= 11 is 6.33. The van der Waals surface area contributed by atoms with E-state index in [1.54, 1.807) is 58.9 Å². The highest BCUT2D eigenvalue weighted by Crippen LogP contribution is 2.45. The largest absolute Gasteiger partial charge is 0.462 e. The van der Waals surface area contributed by atoms with Crippen LogP contribution in [0.2, 0.25) is 5.02 Å². The lowest BCUT2D eigenvalue weighted by molar-refractivity contribution is -0.142. The molecular weight excluding hydrogens is 396 g/mol. The van der Waals surface area contributed by atoms with Crippen molar-refractivity contribution in [3.63, 3.8) is 0 Å². The molecule has 1 aliphatic heterocycles. The molecule has 0 radical (unpaired) electrons. The molecule has 0 N–H and O–H groups in total. The Hall–Kier alpha value is -2.85. The number of rotatable bonds is 5. The third-order valence-electron chi connectivity index (χ3n) is 3.87. The second-order valence-corrected chi connectivity index (χ2v) is 7.56. The summed E-state index contributed by atoms with van der Waals surface area (Å²) in [7, 11) is 0. The molecule has 0 amide bonds. The minimum Gasteiger partial charge on any atom is -0.462 e. The van der Waals surface area contributed by atoms with Crippen LogP contribution in [0.4, 0.5) is 0 Å². The number of carbonyl (C=O) groups excluding carboxylic acids is 2. The number of hydrogen-bond acceptors (Lipinski definition) is 7. The van der Waals surface area contributed by atoms with Gasteiger partial charge in [-0.3, -0.25) is 0 Å². The highest BCUT2D eigenvalue weighted by Gasteiger charge is 2.56. The number of ether oxygens (including phenoxy) is 3. The van der Waals surface area contributed by atoms with E-state index in [0.717, 1.165) is 0 Å². The van der Waals surface area contributed by atoms with E-state index < -0.39 is 23.1 Å². The van der Waals surface area contributed by atoms with Gasteiger partial charge < -0.3 is 14.2 Å².